The second kappa shape index (κ2) is 6.80. The molecule has 0 saturated carbocycles. The predicted molar refractivity (Wildman–Crippen MR) is 96.4 cm³/mol. The summed E-state index contributed by atoms with van der Waals surface area (Å²) in [6.45, 7) is 4.71. The highest BCUT2D eigenvalue weighted by molar-refractivity contribution is 5.58. The Hall–Kier alpha value is -3.11. The lowest BCUT2D eigenvalue weighted by atomic mass is 10.2. The number of hydrogen-bond acceptors (Lipinski definition) is 6. The van der Waals surface area contributed by atoms with Gasteiger partial charge in [-0.05, 0) is 20.3 Å². The maximum absolute atomic E-state index is 13.1. The first-order valence-electron chi connectivity index (χ1n) is 8.87. The number of rotatable bonds is 5. The van der Waals surface area contributed by atoms with Gasteiger partial charge in [-0.15, -0.1) is 0 Å². The lowest BCUT2D eigenvalue weighted by Crippen LogP contribution is -2.14. The Labute approximate surface area is 158 Å². The fraction of sp³-hybridized carbons (Fsp3) is 0.412. The number of aromatic nitrogens is 6. The van der Waals surface area contributed by atoms with Crippen LogP contribution in [0.3, 0.4) is 0 Å². The third-order valence-electron chi connectivity index (χ3n) is 4.65. The van der Waals surface area contributed by atoms with Crippen molar-refractivity contribution in [3.63, 3.8) is 0 Å². The van der Waals surface area contributed by atoms with Crippen LogP contribution in [-0.2, 0) is 12.7 Å². The first-order chi connectivity index (χ1) is 13.4. The van der Waals surface area contributed by atoms with Crippen LogP contribution in [0.5, 0.6) is 0 Å². The van der Waals surface area contributed by atoms with Crippen molar-refractivity contribution in [3.8, 4) is 0 Å². The number of anilines is 3. The van der Waals surface area contributed by atoms with Gasteiger partial charge in [0.1, 0.15) is 11.4 Å². The fourth-order valence-electron chi connectivity index (χ4n) is 3.31. The SMILES string of the molecule is CCNc1nc(Nc2cn([C@@H]3CCn4cncc43)nc2C)ncc1C(F)(F)F. The molecule has 4 rings (SSSR count). The van der Waals surface area contributed by atoms with E-state index in [1.807, 2.05) is 24.0 Å². The first kappa shape index (κ1) is 18.3. The molecular formula is C17H19F3N8. The van der Waals surface area contributed by atoms with Gasteiger partial charge in [0.2, 0.25) is 5.95 Å². The van der Waals surface area contributed by atoms with E-state index in [-0.39, 0.29) is 17.8 Å². The number of nitrogens with one attached hydrogen (secondary N) is 2. The van der Waals surface area contributed by atoms with Crippen LogP contribution in [0.1, 0.15) is 36.3 Å². The fourth-order valence-corrected chi connectivity index (χ4v) is 3.31. The lowest BCUT2D eigenvalue weighted by Gasteiger charge is -2.13. The van der Waals surface area contributed by atoms with Crippen molar-refractivity contribution in [1.82, 2.24) is 29.3 Å². The van der Waals surface area contributed by atoms with E-state index >= 15 is 0 Å². The maximum atomic E-state index is 13.1. The highest BCUT2D eigenvalue weighted by Gasteiger charge is 2.35. The first-order valence-corrected chi connectivity index (χ1v) is 8.87. The van der Waals surface area contributed by atoms with Gasteiger partial charge < -0.3 is 15.2 Å². The molecule has 0 saturated heterocycles. The molecule has 0 aromatic carbocycles. The number of aryl methyl sites for hydroxylation is 2. The van der Waals surface area contributed by atoms with Gasteiger partial charge in [-0.3, -0.25) is 4.68 Å². The zero-order chi connectivity index (χ0) is 19.9. The molecule has 0 spiro atoms. The summed E-state index contributed by atoms with van der Waals surface area (Å²) in [5.41, 5.74) is 1.52. The molecule has 3 aromatic heterocycles. The zero-order valence-corrected chi connectivity index (χ0v) is 15.3. The molecule has 1 aliphatic heterocycles. The summed E-state index contributed by atoms with van der Waals surface area (Å²) >= 11 is 0. The number of halogens is 3. The third-order valence-corrected chi connectivity index (χ3v) is 4.65. The highest BCUT2D eigenvalue weighted by Crippen LogP contribution is 2.34. The molecule has 8 nitrogen and oxygen atoms in total. The molecule has 0 unspecified atom stereocenters. The molecule has 3 aromatic rings. The van der Waals surface area contributed by atoms with Crippen LogP contribution in [0, 0.1) is 6.92 Å². The minimum atomic E-state index is -4.53. The zero-order valence-electron chi connectivity index (χ0n) is 15.3. The van der Waals surface area contributed by atoms with Crippen LogP contribution in [0.15, 0.2) is 24.9 Å². The van der Waals surface area contributed by atoms with Crippen LogP contribution in [-0.4, -0.2) is 35.8 Å². The summed E-state index contributed by atoms with van der Waals surface area (Å²) < 4.78 is 43.2. The Morgan fingerprint density at radius 3 is 2.86 bits per heavy atom. The summed E-state index contributed by atoms with van der Waals surface area (Å²) in [5.74, 6) is -0.180. The van der Waals surface area contributed by atoms with Gasteiger partial charge >= 0.3 is 6.18 Å². The van der Waals surface area contributed by atoms with Crippen molar-refractivity contribution in [1.29, 1.82) is 0 Å². The molecule has 4 heterocycles. The average Bonchev–Trinajstić information content (AvgIpc) is 3.31. The second-order valence-corrected chi connectivity index (χ2v) is 6.53. The maximum Gasteiger partial charge on any atom is 0.421 e. The van der Waals surface area contributed by atoms with Crippen LogP contribution in [0.2, 0.25) is 0 Å². The van der Waals surface area contributed by atoms with E-state index in [0.29, 0.717) is 17.9 Å². The van der Waals surface area contributed by atoms with E-state index in [0.717, 1.165) is 24.9 Å². The number of fused-ring (bicyclic) bond motifs is 1. The number of imidazole rings is 1. The van der Waals surface area contributed by atoms with Crippen LogP contribution in [0.25, 0.3) is 0 Å². The summed E-state index contributed by atoms with van der Waals surface area (Å²) in [4.78, 5) is 12.0. The van der Waals surface area contributed by atoms with E-state index in [4.69, 9.17) is 0 Å². The Balaban J connectivity index is 1.60. The summed E-state index contributed by atoms with van der Waals surface area (Å²) in [6, 6.07) is 0.0718. The Kier molecular flexibility index (Phi) is 4.44. The molecule has 0 radical (unpaired) electrons. The standard InChI is InChI=1S/C17H19F3N8/c1-3-22-15-11(17(18,19)20)6-23-16(25-15)24-12-8-28(26-10(12)2)13-4-5-27-9-21-7-14(13)27/h6-9,13H,3-5H2,1-2H3,(H2,22,23,24,25)/t13-/m1/s1. The van der Waals surface area contributed by atoms with E-state index in [1.54, 1.807) is 13.3 Å². The van der Waals surface area contributed by atoms with E-state index in [9.17, 15) is 13.2 Å². The third kappa shape index (κ3) is 3.27. The van der Waals surface area contributed by atoms with Crippen molar-refractivity contribution < 1.29 is 13.2 Å². The monoisotopic (exact) mass is 392 g/mol. The lowest BCUT2D eigenvalue weighted by molar-refractivity contribution is -0.137. The topological polar surface area (TPSA) is 85.5 Å². The summed E-state index contributed by atoms with van der Waals surface area (Å²) in [7, 11) is 0. The van der Waals surface area contributed by atoms with Gasteiger partial charge in [0.15, 0.2) is 0 Å². The normalized spacial score (nSPS) is 16.2. The van der Waals surface area contributed by atoms with Gasteiger partial charge in [0.25, 0.3) is 0 Å². The van der Waals surface area contributed by atoms with E-state index < -0.39 is 11.7 Å². The quantitative estimate of drug-likeness (QED) is 0.693. The molecule has 0 fully saturated rings. The van der Waals surface area contributed by atoms with Gasteiger partial charge in [0.05, 0.1) is 35.6 Å². The number of alkyl halides is 3. The number of hydrogen-bond donors (Lipinski definition) is 2. The smallest absolute Gasteiger partial charge is 0.370 e. The van der Waals surface area contributed by atoms with Crippen molar-refractivity contribution in [3.05, 3.63) is 41.9 Å². The Bertz CT molecular complexity index is 991. The van der Waals surface area contributed by atoms with Crippen molar-refractivity contribution in [2.24, 2.45) is 0 Å². The second-order valence-electron chi connectivity index (χ2n) is 6.53. The largest absolute Gasteiger partial charge is 0.421 e. The molecule has 0 amide bonds. The molecule has 1 atom stereocenters. The Morgan fingerprint density at radius 2 is 2.11 bits per heavy atom. The molecule has 28 heavy (non-hydrogen) atoms. The summed E-state index contributed by atoms with van der Waals surface area (Å²) in [6.07, 6.45) is 2.59. The van der Waals surface area contributed by atoms with Gasteiger partial charge in [-0.2, -0.15) is 23.3 Å². The molecule has 1 aliphatic rings. The number of nitrogens with zero attached hydrogens (tertiary/aromatic N) is 6. The van der Waals surface area contributed by atoms with E-state index in [2.05, 4.69) is 35.3 Å². The summed E-state index contributed by atoms with van der Waals surface area (Å²) in [5, 5.41) is 10.2. The highest BCUT2D eigenvalue weighted by atomic mass is 19.4. The molecule has 0 aliphatic carbocycles. The molecule has 11 heteroatoms. The molecule has 148 valence electrons. The van der Waals surface area contributed by atoms with Crippen molar-refractivity contribution in [2.75, 3.05) is 17.2 Å². The molecule has 0 bridgehead atoms. The molecule has 2 N–H and O–H groups in total. The van der Waals surface area contributed by atoms with Crippen LogP contribution in [0.4, 0.5) is 30.6 Å². The van der Waals surface area contributed by atoms with Crippen LogP contribution >= 0.6 is 0 Å². The van der Waals surface area contributed by atoms with Crippen LogP contribution < -0.4 is 10.6 Å². The van der Waals surface area contributed by atoms with Gasteiger partial charge in [-0.25, -0.2) is 9.97 Å². The van der Waals surface area contributed by atoms with Gasteiger partial charge in [0, 0.05) is 25.5 Å². The average molecular weight is 392 g/mol. The van der Waals surface area contributed by atoms with E-state index in [1.165, 1.54) is 0 Å². The van der Waals surface area contributed by atoms with Crippen molar-refractivity contribution >= 4 is 17.5 Å². The minimum Gasteiger partial charge on any atom is -0.370 e. The van der Waals surface area contributed by atoms with Crippen molar-refractivity contribution in [2.45, 2.75) is 39.0 Å². The van der Waals surface area contributed by atoms with Gasteiger partial charge in [-0.1, -0.05) is 0 Å². The minimum absolute atomic E-state index is 0.0718. The molecular weight excluding hydrogens is 373 g/mol. The Morgan fingerprint density at radius 1 is 1.29 bits per heavy atom. The predicted octanol–water partition coefficient (Wildman–Crippen LogP) is 3.37.